The Bertz CT molecular complexity index is 284. The van der Waals surface area contributed by atoms with E-state index in [1.807, 2.05) is 7.05 Å². The van der Waals surface area contributed by atoms with Crippen LogP contribution in [0.25, 0.3) is 0 Å². The number of carbonyl (C=O) groups excluding carboxylic acids is 2. The Balaban J connectivity index is 2.18. The van der Waals surface area contributed by atoms with E-state index in [0.717, 1.165) is 13.1 Å². The maximum absolute atomic E-state index is 11.6. The van der Waals surface area contributed by atoms with Crippen molar-refractivity contribution in [3.63, 3.8) is 0 Å². The van der Waals surface area contributed by atoms with Crippen LogP contribution in [0.4, 0.5) is 4.79 Å². The Morgan fingerprint density at radius 2 is 1.93 bits per heavy atom. The van der Waals surface area contributed by atoms with Crippen molar-refractivity contribution < 1.29 is 14.8 Å². The third-order valence-electron chi connectivity index (χ3n) is 2.98. The van der Waals surface area contributed by atoms with Gasteiger partial charge in [-0.15, -0.1) is 5.06 Å². The molecule has 2 aliphatic heterocycles. The lowest BCUT2D eigenvalue weighted by Crippen LogP contribution is -2.54. The Labute approximate surface area is 81.4 Å². The molecule has 2 N–H and O–H groups in total. The molecule has 6 heteroatoms. The molecule has 78 valence electrons. The van der Waals surface area contributed by atoms with E-state index in [-0.39, 0.29) is 5.06 Å². The first-order valence-corrected chi connectivity index (χ1v) is 4.59. The van der Waals surface area contributed by atoms with Gasteiger partial charge in [0.1, 0.15) is 5.54 Å². The molecule has 2 heterocycles. The van der Waals surface area contributed by atoms with Crippen LogP contribution in [0.5, 0.6) is 0 Å². The van der Waals surface area contributed by atoms with Crippen molar-refractivity contribution in [1.29, 1.82) is 0 Å². The molecule has 6 nitrogen and oxygen atoms in total. The van der Waals surface area contributed by atoms with Gasteiger partial charge in [0.05, 0.1) is 0 Å². The highest BCUT2D eigenvalue weighted by atomic mass is 16.5. The van der Waals surface area contributed by atoms with E-state index >= 15 is 0 Å². The number of amides is 3. The van der Waals surface area contributed by atoms with Crippen LogP contribution in [0.15, 0.2) is 0 Å². The van der Waals surface area contributed by atoms with E-state index in [9.17, 15) is 9.59 Å². The molecule has 2 rings (SSSR count). The fourth-order valence-electron chi connectivity index (χ4n) is 1.95. The number of piperidine rings is 1. The van der Waals surface area contributed by atoms with Crippen molar-refractivity contribution >= 4 is 11.9 Å². The average Bonchev–Trinajstić information content (AvgIpc) is 2.37. The first-order valence-electron chi connectivity index (χ1n) is 4.59. The summed E-state index contributed by atoms with van der Waals surface area (Å²) < 4.78 is 0. The van der Waals surface area contributed by atoms with Gasteiger partial charge in [-0.3, -0.25) is 10.0 Å². The molecule has 0 aliphatic carbocycles. The van der Waals surface area contributed by atoms with Crippen LogP contribution in [0.2, 0.25) is 0 Å². The van der Waals surface area contributed by atoms with E-state index < -0.39 is 17.5 Å². The average molecular weight is 199 g/mol. The van der Waals surface area contributed by atoms with Crippen molar-refractivity contribution in [1.82, 2.24) is 15.3 Å². The molecular formula is C8H13N3O3. The van der Waals surface area contributed by atoms with Crippen LogP contribution in [0.1, 0.15) is 12.8 Å². The number of nitrogens with zero attached hydrogens (tertiary/aromatic N) is 2. The van der Waals surface area contributed by atoms with E-state index in [0.29, 0.717) is 12.8 Å². The van der Waals surface area contributed by atoms with Gasteiger partial charge in [-0.05, 0) is 19.9 Å². The highest BCUT2D eigenvalue weighted by Gasteiger charge is 2.52. The number of urea groups is 1. The van der Waals surface area contributed by atoms with Gasteiger partial charge >= 0.3 is 6.03 Å². The Morgan fingerprint density at radius 1 is 1.36 bits per heavy atom. The molecular weight excluding hydrogens is 186 g/mol. The Kier molecular flexibility index (Phi) is 1.97. The fourth-order valence-corrected chi connectivity index (χ4v) is 1.95. The topological polar surface area (TPSA) is 72.9 Å². The quantitative estimate of drug-likeness (QED) is 0.403. The molecule has 14 heavy (non-hydrogen) atoms. The first-order chi connectivity index (χ1) is 6.55. The van der Waals surface area contributed by atoms with Crippen LogP contribution in [-0.2, 0) is 4.79 Å². The standard InChI is InChI=1S/C8H13N3O3/c1-10-4-2-8(3-5-10)6(12)11(14)7(13)9-8/h14H,2-5H2,1H3,(H,9,13). The zero-order chi connectivity index (χ0) is 10.3. The molecule has 3 amide bonds. The lowest BCUT2D eigenvalue weighted by Gasteiger charge is -2.34. The second kappa shape index (κ2) is 2.93. The number of hydroxylamine groups is 2. The van der Waals surface area contributed by atoms with E-state index in [1.165, 1.54) is 0 Å². The lowest BCUT2D eigenvalue weighted by atomic mass is 9.88. The number of carbonyl (C=O) groups is 2. The number of likely N-dealkylation sites (tertiary alicyclic amines) is 1. The summed E-state index contributed by atoms with van der Waals surface area (Å²) in [4.78, 5) is 24.7. The molecule has 2 fully saturated rings. The van der Waals surface area contributed by atoms with Gasteiger partial charge in [-0.25, -0.2) is 4.79 Å². The van der Waals surface area contributed by atoms with Crippen molar-refractivity contribution in [3.05, 3.63) is 0 Å². The van der Waals surface area contributed by atoms with Gasteiger partial charge in [0.25, 0.3) is 5.91 Å². The van der Waals surface area contributed by atoms with Gasteiger partial charge < -0.3 is 10.2 Å². The Hall–Kier alpha value is -1.14. The molecule has 0 unspecified atom stereocenters. The minimum atomic E-state index is -0.849. The second-order valence-electron chi connectivity index (χ2n) is 3.93. The van der Waals surface area contributed by atoms with Crippen LogP contribution in [0, 0.1) is 0 Å². The summed E-state index contributed by atoms with van der Waals surface area (Å²) in [6.07, 6.45) is 1.12. The van der Waals surface area contributed by atoms with Crippen molar-refractivity contribution in [2.75, 3.05) is 20.1 Å². The molecule has 0 saturated carbocycles. The SMILES string of the molecule is CN1CCC2(CC1)NC(=O)N(O)C2=O. The fraction of sp³-hybridized carbons (Fsp3) is 0.750. The summed E-state index contributed by atoms with van der Waals surface area (Å²) in [5.74, 6) is -0.518. The number of hydrogen-bond acceptors (Lipinski definition) is 4. The molecule has 0 atom stereocenters. The summed E-state index contributed by atoms with van der Waals surface area (Å²) in [7, 11) is 1.96. The van der Waals surface area contributed by atoms with Crippen molar-refractivity contribution in [2.45, 2.75) is 18.4 Å². The number of imide groups is 1. The summed E-state index contributed by atoms with van der Waals surface area (Å²) in [6.45, 7) is 1.50. The summed E-state index contributed by atoms with van der Waals surface area (Å²) in [5.41, 5.74) is -0.849. The van der Waals surface area contributed by atoms with E-state index in [4.69, 9.17) is 5.21 Å². The van der Waals surface area contributed by atoms with Gasteiger partial charge in [-0.1, -0.05) is 0 Å². The highest BCUT2D eigenvalue weighted by molar-refractivity contribution is 6.05. The van der Waals surface area contributed by atoms with E-state index in [2.05, 4.69) is 10.2 Å². The third kappa shape index (κ3) is 1.18. The molecule has 0 aromatic rings. The number of nitrogens with one attached hydrogen (secondary N) is 1. The van der Waals surface area contributed by atoms with Crippen LogP contribution in [-0.4, -0.2) is 52.8 Å². The van der Waals surface area contributed by atoms with Gasteiger partial charge in [0, 0.05) is 13.1 Å². The second-order valence-corrected chi connectivity index (χ2v) is 3.93. The van der Waals surface area contributed by atoms with Crippen LogP contribution >= 0.6 is 0 Å². The molecule has 0 aromatic heterocycles. The number of rotatable bonds is 0. The van der Waals surface area contributed by atoms with Crippen LogP contribution < -0.4 is 5.32 Å². The predicted octanol–water partition coefficient (Wildman–Crippen LogP) is -0.608. The lowest BCUT2D eigenvalue weighted by molar-refractivity contribution is -0.154. The van der Waals surface area contributed by atoms with Gasteiger partial charge in [0.15, 0.2) is 0 Å². The third-order valence-corrected chi connectivity index (χ3v) is 2.98. The normalized spacial score (nSPS) is 27.1. The van der Waals surface area contributed by atoms with E-state index in [1.54, 1.807) is 0 Å². The van der Waals surface area contributed by atoms with Gasteiger partial charge in [0.2, 0.25) is 0 Å². The monoisotopic (exact) mass is 199 g/mol. The van der Waals surface area contributed by atoms with Crippen molar-refractivity contribution in [2.24, 2.45) is 0 Å². The molecule has 1 spiro atoms. The molecule has 0 bridgehead atoms. The summed E-state index contributed by atoms with van der Waals surface area (Å²) >= 11 is 0. The smallest absolute Gasteiger partial charge is 0.321 e. The van der Waals surface area contributed by atoms with Crippen molar-refractivity contribution in [3.8, 4) is 0 Å². The molecule has 0 aromatic carbocycles. The summed E-state index contributed by atoms with van der Waals surface area (Å²) in [5, 5.41) is 11.8. The van der Waals surface area contributed by atoms with Crippen LogP contribution in [0.3, 0.4) is 0 Å². The zero-order valence-electron chi connectivity index (χ0n) is 7.99. The zero-order valence-corrected chi connectivity index (χ0v) is 7.99. The molecule has 2 saturated heterocycles. The molecule has 2 aliphatic rings. The Morgan fingerprint density at radius 3 is 2.36 bits per heavy atom. The minimum Gasteiger partial charge on any atom is -0.321 e. The predicted molar refractivity (Wildman–Crippen MR) is 46.6 cm³/mol. The number of hydrogen-bond donors (Lipinski definition) is 2. The summed E-state index contributed by atoms with van der Waals surface area (Å²) in [6, 6.07) is -0.709. The maximum Gasteiger partial charge on any atom is 0.349 e. The first kappa shape index (κ1) is 9.42. The molecule has 0 radical (unpaired) electrons. The minimum absolute atomic E-state index is 0.186. The largest absolute Gasteiger partial charge is 0.349 e. The van der Waals surface area contributed by atoms with Gasteiger partial charge in [-0.2, -0.15) is 0 Å². The maximum atomic E-state index is 11.6. The highest BCUT2D eigenvalue weighted by Crippen LogP contribution is 2.27.